The third-order valence-electron chi connectivity index (χ3n) is 4.59. The van der Waals surface area contributed by atoms with E-state index in [0.29, 0.717) is 0 Å². The molecule has 0 N–H and O–H groups in total. The largest absolute Gasteiger partial charge is 0.591 e. The minimum Gasteiger partial charge on any atom is -0.591 e. The molecule has 5 heteroatoms. The minimum absolute atomic E-state index is 0.177. The highest BCUT2D eigenvalue weighted by Gasteiger charge is 2.44. The smallest absolute Gasteiger partial charge is 0.192 e. The number of rotatable bonds is 4. The predicted molar refractivity (Wildman–Crippen MR) is 95.8 cm³/mol. The number of nitrogens with zero attached hydrogens (tertiary/aromatic N) is 1. The Hall–Kier alpha value is 0.157. The van der Waals surface area contributed by atoms with E-state index in [1.54, 1.807) is 0 Å². The van der Waals surface area contributed by atoms with Crippen molar-refractivity contribution >= 4 is 25.4 Å². The lowest BCUT2D eigenvalue weighted by Crippen LogP contribution is -2.47. The van der Waals surface area contributed by atoms with Crippen molar-refractivity contribution in [2.45, 2.75) is 84.2 Å². The highest BCUT2D eigenvalue weighted by molar-refractivity contribution is 7.91. The van der Waals surface area contributed by atoms with E-state index in [9.17, 15) is 4.55 Å². The third-order valence-corrected chi connectivity index (χ3v) is 10.5. The molecule has 124 valence electrons. The Bertz CT molecular complexity index is 399. The molecule has 3 nitrogen and oxygen atoms in total. The molecule has 1 rings (SSSR count). The SMILES string of the molecule is CC1(CO[Si](C)(C)C(C)(C)C)CC(=N[S+]([O-])C(C)(C)C)C1. The maximum Gasteiger partial charge on any atom is 0.192 e. The van der Waals surface area contributed by atoms with E-state index in [1.165, 1.54) is 0 Å². The van der Waals surface area contributed by atoms with E-state index in [4.69, 9.17) is 4.43 Å². The van der Waals surface area contributed by atoms with Crippen molar-refractivity contribution in [2.75, 3.05) is 6.61 Å². The summed E-state index contributed by atoms with van der Waals surface area (Å²) < 4.78 is 22.5. The molecule has 0 heterocycles. The molecule has 0 aliphatic heterocycles. The molecule has 1 fully saturated rings. The highest BCUT2D eigenvalue weighted by Crippen LogP contribution is 2.43. The van der Waals surface area contributed by atoms with Crippen LogP contribution in [0.3, 0.4) is 0 Å². The highest BCUT2D eigenvalue weighted by atomic mass is 32.2. The van der Waals surface area contributed by atoms with Crippen LogP contribution in [0.1, 0.15) is 61.3 Å². The quantitative estimate of drug-likeness (QED) is 0.553. The molecule has 1 unspecified atom stereocenters. The normalized spacial score (nSPS) is 25.5. The Morgan fingerprint density at radius 2 is 1.67 bits per heavy atom. The van der Waals surface area contributed by atoms with Crippen molar-refractivity contribution in [3.05, 3.63) is 0 Å². The fourth-order valence-electron chi connectivity index (χ4n) is 1.93. The van der Waals surface area contributed by atoms with Crippen LogP contribution in [-0.4, -0.2) is 29.9 Å². The van der Waals surface area contributed by atoms with Gasteiger partial charge in [0.2, 0.25) is 0 Å². The lowest BCUT2D eigenvalue weighted by molar-refractivity contribution is 0.138. The van der Waals surface area contributed by atoms with Gasteiger partial charge in [0.1, 0.15) is 16.1 Å². The van der Waals surface area contributed by atoms with E-state index in [0.717, 1.165) is 25.2 Å². The van der Waals surface area contributed by atoms with Crippen molar-refractivity contribution in [1.29, 1.82) is 0 Å². The molecule has 0 amide bonds. The molecular formula is C16H33NO2SSi. The number of hydrogen-bond acceptors (Lipinski definition) is 3. The van der Waals surface area contributed by atoms with Gasteiger partial charge in [0.25, 0.3) is 0 Å². The standard InChI is InChI=1S/C16H33NO2SSi/c1-14(2,3)20(18)17-13-10-16(7,11-13)12-19-21(8,9)15(4,5)6/h10-12H2,1-9H3. The van der Waals surface area contributed by atoms with E-state index in [-0.39, 0.29) is 15.2 Å². The zero-order valence-corrected chi connectivity index (χ0v) is 17.1. The van der Waals surface area contributed by atoms with Crippen molar-refractivity contribution in [3.63, 3.8) is 0 Å². The van der Waals surface area contributed by atoms with Crippen LogP contribution < -0.4 is 0 Å². The Morgan fingerprint density at radius 3 is 2.05 bits per heavy atom. The first kappa shape index (κ1) is 19.2. The minimum atomic E-state index is -1.68. The van der Waals surface area contributed by atoms with Gasteiger partial charge in [-0.2, -0.15) is 0 Å². The van der Waals surface area contributed by atoms with Crippen LogP contribution in [0.2, 0.25) is 18.1 Å². The average Bonchev–Trinajstić information content (AvgIpc) is 2.21. The first-order valence-electron chi connectivity index (χ1n) is 7.79. The second kappa shape index (κ2) is 5.98. The maximum absolute atomic E-state index is 12.0. The summed E-state index contributed by atoms with van der Waals surface area (Å²) in [6.45, 7) is 20.3. The first-order valence-corrected chi connectivity index (χ1v) is 11.8. The molecular weight excluding hydrogens is 298 g/mol. The second-order valence-electron chi connectivity index (χ2n) is 9.23. The summed E-state index contributed by atoms with van der Waals surface area (Å²) in [5, 5.41) is 0.248. The van der Waals surface area contributed by atoms with E-state index in [2.05, 4.69) is 45.2 Å². The maximum atomic E-state index is 12.0. The van der Waals surface area contributed by atoms with Crippen LogP contribution in [0.5, 0.6) is 0 Å². The molecule has 0 aromatic carbocycles. The van der Waals surface area contributed by atoms with Gasteiger partial charge in [0, 0.05) is 12.0 Å². The molecule has 0 aromatic rings. The van der Waals surface area contributed by atoms with Crippen molar-refractivity contribution in [3.8, 4) is 0 Å². The summed E-state index contributed by atoms with van der Waals surface area (Å²) in [5.74, 6) is 0. The van der Waals surface area contributed by atoms with Crippen molar-refractivity contribution in [1.82, 2.24) is 0 Å². The number of hydrogen-bond donors (Lipinski definition) is 0. The topological polar surface area (TPSA) is 44.6 Å². The van der Waals surface area contributed by atoms with Crippen LogP contribution in [0.25, 0.3) is 0 Å². The summed E-state index contributed by atoms with van der Waals surface area (Å²) in [6, 6.07) is 0. The molecule has 0 radical (unpaired) electrons. The third kappa shape index (κ3) is 5.08. The molecule has 0 bridgehead atoms. The lowest BCUT2D eigenvalue weighted by atomic mass is 9.70. The molecule has 1 atom stereocenters. The van der Waals surface area contributed by atoms with Gasteiger partial charge in [-0.05, 0) is 51.7 Å². The van der Waals surface area contributed by atoms with Gasteiger partial charge in [-0.15, -0.1) is 0 Å². The predicted octanol–water partition coefficient (Wildman–Crippen LogP) is 4.71. The summed E-state index contributed by atoms with van der Waals surface area (Å²) in [7, 11) is -1.68. The zero-order valence-electron chi connectivity index (χ0n) is 15.3. The Kier molecular flexibility index (Phi) is 5.47. The first-order chi connectivity index (χ1) is 9.16. The van der Waals surface area contributed by atoms with Gasteiger partial charge in [0.15, 0.2) is 8.32 Å². The van der Waals surface area contributed by atoms with E-state index >= 15 is 0 Å². The van der Waals surface area contributed by atoms with Crippen LogP contribution in [0.15, 0.2) is 4.40 Å². The van der Waals surface area contributed by atoms with Crippen molar-refractivity contribution in [2.24, 2.45) is 9.81 Å². The molecule has 1 saturated carbocycles. The average molecular weight is 332 g/mol. The fraction of sp³-hybridized carbons (Fsp3) is 0.938. The van der Waals surface area contributed by atoms with Crippen LogP contribution in [0.4, 0.5) is 0 Å². The van der Waals surface area contributed by atoms with Gasteiger partial charge in [-0.3, -0.25) is 0 Å². The van der Waals surface area contributed by atoms with E-state index < -0.39 is 19.7 Å². The zero-order chi connectivity index (χ0) is 16.7. The van der Waals surface area contributed by atoms with Crippen LogP contribution in [0, 0.1) is 5.41 Å². The van der Waals surface area contributed by atoms with Gasteiger partial charge in [-0.1, -0.05) is 32.1 Å². The molecule has 0 saturated heterocycles. The Balaban J connectivity index is 2.53. The van der Waals surface area contributed by atoms with Gasteiger partial charge < -0.3 is 8.98 Å². The van der Waals surface area contributed by atoms with Gasteiger partial charge in [-0.25, -0.2) is 0 Å². The van der Waals surface area contributed by atoms with Gasteiger partial charge in [0.05, 0.1) is 5.71 Å². The second-order valence-corrected chi connectivity index (χ2v) is 15.9. The lowest BCUT2D eigenvalue weighted by Gasteiger charge is -2.44. The fourth-order valence-corrected chi connectivity index (χ4v) is 3.71. The summed E-state index contributed by atoms with van der Waals surface area (Å²) in [5.41, 5.74) is 1.26. The van der Waals surface area contributed by atoms with E-state index in [1.807, 2.05) is 20.8 Å². The van der Waals surface area contributed by atoms with Crippen LogP contribution >= 0.6 is 0 Å². The molecule has 21 heavy (non-hydrogen) atoms. The van der Waals surface area contributed by atoms with Gasteiger partial charge >= 0.3 is 0 Å². The molecule has 1 aliphatic rings. The summed E-state index contributed by atoms with van der Waals surface area (Å²) in [6.07, 6.45) is 1.84. The molecule has 1 aliphatic carbocycles. The van der Waals surface area contributed by atoms with Crippen molar-refractivity contribution < 1.29 is 8.98 Å². The monoisotopic (exact) mass is 331 g/mol. The van der Waals surface area contributed by atoms with Crippen LogP contribution in [-0.2, 0) is 15.8 Å². The Labute approximate surface area is 135 Å². The summed E-state index contributed by atoms with van der Waals surface area (Å²) in [4.78, 5) is 0. The summed E-state index contributed by atoms with van der Waals surface area (Å²) >= 11 is -1.13. The Morgan fingerprint density at radius 1 is 1.19 bits per heavy atom. The molecule has 0 spiro atoms. The molecule has 0 aromatic heterocycles.